The number of nitrogens with zero attached hydrogens (tertiary/aromatic N) is 1. The predicted molar refractivity (Wildman–Crippen MR) is 106 cm³/mol. The number of rotatable bonds is 7. The molecule has 0 aliphatic carbocycles. The third-order valence-electron chi connectivity index (χ3n) is 4.03. The lowest BCUT2D eigenvalue weighted by atomic mass is 9.97. The number of esters is 1. The Kier molecular flexibility index (Phi) is 8.28. The molecule has 2 unspecified atom stereocenters. The summed E-state index contributed by atoms with van der Waals surface area (Å²) in [4.78, 5) is 38.6. The van der Waals surface area contributed by atoms with E-state index in [9.17, 15) is 14.4 Å². The van der Waals surface area contributed by atoms with Crippen LogP contribution in [0.4, 0.5) is 0 Å². The van der Waals surface area contributed by atoms with Crippen LogP contribution in [0, 0.1) is 5.92 Å². The molecular weight excluding hydrogens is 368 g/mol. The molecule has 2 atom stereocenters. The van der Waals surface area contributed by atoms with Crippen molar-refractivity contribution in [1.29, 1.82) is 0 Å². The van der Waals surface area contributed by atoms with E-state index in [-0.39, 0.29) is 24.3 Å². The highest BCUT2D eigenvalue weighted by Crippen LogP contribution is 2.14. The molecule has 0 spiro atoms. The van der Waals surface area contributed by atoms with Crippen molar-refractivity contribution in [3.05, 3.63) is 34.9 Å². The van der Waals surface area contributed by atoms with Crippen LogP contribution in [0.1, 0.15) is 51.4 Å². The van der Waals surface area contributed by atoms with Crippen LogP contribution in [0.2, 0.25) is 5.02 Å². The average Bonchev–Trinajstić information content (AvgIpc) is 2.56. The number of nitrogens with one attached hydrogen (secondary N) is 1. The van der Waals surface area contributed by atoms with Crippen LogP contribution in [0.15, 0.2) is 24.3 Å². The summed E-state index contributed by atoms with van der Waals surface area (Å²) in [5.74, 6) is -1.30. The van der Waals surface area contributed by atoms with Gasteiger partial charge in [-0.1, -0.05) is 31.9 Å². The lowest BCUT2D eigenvalue weighted by molar-refractivity contribution is -0.158. The van der Waals surface area contributed by atoms with Gasteiger partial charge in [0.15, 0.2) is 0 Å². The Hall–Kier alpha value is -2.08. The van der Waals surface area contributed by atoms with Crippen LogP contribution in [0.5, 0.6) is 0 Å². The van der Waals surface area contributed by atoms with Crippen molar-refractivity contribution in [1.82, 2.24) is 10.2 Å². The molecule has 1 N–H and O–H groups in total. The molecule has 0 bridgehead atoms. The fourth-order valence-corrected chi connectivity index (χ4v) is 2.52. The van der Waals surface area contributed by atoms with Crippen LogP contribution in [0.25, 0.3) is 0 Å². The fraction of sp³-hybridized carbons (Fsp3) is 0.550. The van der Waals surface area contributed by atoms with E-state index < -0.39 is 17.6 Å². The average molecular weight is 397 g/mol. The maximum atomic E-state index is 12.8. The molecule has 150 valence electrons. The molecule has 1 rings (SSSR count). The molecule has 0 fully saturated rings. The van der Waals surface area contributed by atoms with Gasteiger partial charge in [0, 0.05) is 17.6 Å². The second-order valence-electron chi connectivity index (χ2n) is 7.62. The summed E-state index contributed by atoms with van der Waals surface area (Å²) < 4.78 is 5.25. The van der Waals surface area contributed by atoms with Crippen molar-refractivity contribution in [3.8, 4) is 0 Å². The maximum absolute atomic E-state index is 12.8. The third-order valence-corrected chi connectivity index (χ3v) is 4.29. The molecule has 0 radical (unpaired) electrons. The lowest BCUT2D eigenvalue weighted by Crippen LogP contribution is -2.52. The summed E-state index contributed by atoms with van der Waals surface area (Å²) in [6.07, 6.45) is 0.692. The predicted octanol–water partition coefficient (Wildman–Crippen LogP) is 3.28. The molecule has 0 saturated carbocycles. The Balaban J connectivity index is 2.85. The summed E-state index contributed by atoms with van der Waals surface area (Å²) in [6, 6.07) is 5.68. The minimum atomic E-state index is -0.745. The number of likely N-dealkylation sites (N-methyl/N-ethyl adjacent to an activating group) is 1. The molecule has 0 saturated heterocycles. The lowest BCUT2D eigenvalue weighted by Gasteiger charge is -2.28. The number of carbonyl (C=O) groups excluding carboxylic acids is 3. The molecule has 0 heterocycles. The van der Waals surface area contributed by atoms with Crippen molar-refractivity contribution in [3.63, 3.8) is 0 Å². The second-order valence-corrected chi connectivity index (χ2v) is 8.06. The van der Waals surface area contributed by atoms with Gasteiger partial charge in [-0.25, -0.2) is 0 Å². The molecule has 27 heavy (non-hydrogen) atoms. The van der Waals surface area contributed by atoms with Crippen molar-refractivity contribution < 1.29 is 19.1 Å². The monoisotopic (exact) mass is 396 g/mol. The second kappa shape index (κ2) is 9.74. The SMILES string of the molecule is CCC(C)C(NC(=O)c1ccc(Cl)cc1)C(=O)N(C)CC(=O)OC(C)(C)C. The zero-order valence-electron chi connectivity index (χ0n) is 16.8. The van der Waals surface area contributed by atoms with E-state index in [1.165, 1.54) is 11.9 Å². The Morgan fingerprint density at radius 2 is 1.74 bits per heavy atom. The summed E-state index contributed by atoms with van der Waals surface area (Å²) in [6.45, 7) is 8.93. The zero-order valence-corrected chi connectivity index (χ0v) is 17.6. The molecule has 0 aliphatic heterocycles. The summed E-state index contributed by atoms with van der Waals surface area (Å²) in [5.41, 5.74) is -0.213. The van der Waals surface area contributed by atoms with E-state index in [2.05, 4.69) is 5.32 Å². The van der Waals surface area contributed by atoms with Gasteiger partial charge in [0.25, 0.3) is 5.91 Å². The van der Waals surface area contributed by atoms with Gasteiger partial charge in [-0.3, -0.25) is 14.4 Å². The zero-order chi connectivity index (χ0) is 20.8. The van der Waals surface area contributed by atoms with Gasteiger partial charge in [0.2, 0.25) is 5.91 Å². The highest BCUT2D eigenvalue weighted by molar-refractivity contribution is 6.30. The Bertz CT molecular complexity index is 668. The molecule has 0 aliphatic rings. The van der Waals surface area contributed by atoms with E-state index in [1.807, 2.05) is 13.8 Å². The Morgan fingerprint density at radius 1 is 1.19 bits per heavy atom. The van der Waals surface area contributed by atoms with Crippen molar-refractivity contribution in [2.24, 2.45) is 5.92 Å². The standard InChI is InChI=1S/C20H29ClN2O4/c1-7-13(2)17(22-18(25)14-8-10-15(21)11-9-14)19(26)23(6)12-16(24)27-20(3,4)5/h8-11,13,17H,7,12H2,1-6H3,(H,22,25). The molecular formula is C20H29ClN2O4. The van der Waals surface area contributed by atoms with Gasteiger partial charge in [0.1, 0.15) is 18.2 Å². The molecule has 2 amide bonds. The van der Waals surface area contributed by atoms with Gasteiger partial charge in [-0.15, -0.1) is 0 Å². The molecule has 0 aromatic heterocycles. The van der Waals surface area contributed by atoms with E-state index in [1.54, 1.807) is 45.0 Å². The first kappa shape index (κ1) is 23.0. The largest absolute Gasteiger partial charge is 0.459 e. The third kappa shape index (κ3) is 7.59. The summed E-state index contributed by atoms with van der Waals surface area (Å²) >= 11 is 5.84. The van der Waals surface area contributed by atoms with Gasteiger partial charge in [-0.05, 0) is 51.0 Å². The number of hydrogen-bond donors (Lipinski definition) is 1. The minimum Gasteiger partial charge on any atom is -0.459 e. The topological polar surface area (TPSA) is 75.7 Å². The first-order valence-corrected chi connectivity index (χ1v) is 9.35. The normalized spacial score (nSPS) is 13.4. The van der Waals surface area contributed by atoms with E-state index in [0.29, 0.717) is 17.0 Å². The van der Waals surface area contributed by atoms with Crippen LogP contribution in [0.3, 0.4) is 0 Å². The van der Waals surface area contributed by atoms with Crippen molar-refractivity contribution in [2.45, 2.75) is 52.7 Å². The number of halogens is 1. The first-order valence-electron chi connectivity index (χ1n) is 8.97. The van der Waals surface area contributed by atoms with Crippen LogP contribution >= 0.6 is 11.6 Å². The summed E-state index contributed by atoms with van der Waals surface area (Å²) in [5, 5.41) is 3.31. The van der Waals surface area contributed by atoms with Crippen LogP contribution in [-0.4, -0.2) is 47.9 Å². The maximum Gasteiger partial charge on any atom is 0.326 e. The van der Waals surface area contributed by atoms with Crippen LogP contribution in [-0.2, 0) is 14.3 Å². The molecule has 7 heteroatoms. The van der Waals surface area contributed by atoms with Crippen LogP contribution < -0.4 is 5.32 Å². The quantitative estimate of drug-likeness (QED) is 0.717. The first-order chi connectivity index (χ1) is 12.4. The molecule has 6 nitrogen and oxygen atoms in total. The fourth-order valence-electron chi connectivity index (χ4n) is 2.39. The highest BCUT2D eigenvalue weighted by atomic mass is 35.5. The van der Waals surface area contributed by atoms with E-state index >= 15 is 0 Å². The highest BCUT2D eigenvalue weighted by Gasteiger charge is 2.30. The minimum absolute atomic E-state index is 0.102. The summed E-state index contributed by atoms with van der Waals surface area (Å²) in [7, 11) is 1.52. The Labute approximate surface area is 166 Å². The molecule has 1 aromatic rings. The smallest absolute Gasteiger partial charge is 0.326 e. The van der Waals surface area contributed by atoms with Crippen molar-refractivity contribution >= 4 is 29.4 Å². The van der Waals surface area contributed by atoms with Crippen molar-refractivity contribution in [2.75, 3.05) is 13.6 Å². The van der Waals surface area contributed by atoms with E-state index in [4.69, 9.17) is 16.3 Å². The van der Waals surface area contributed by atoms with Gasteiger partial charge >= 0.3 is 5.97 Å². The number of carbonyl (C=O) groups is 3. The number of benzene rings is 1. The Morgan fingerprint density at radius 3 is 2.22 bits per heavy atom. The molecule has 1 aromatic carbocycles. The number of amides is 2. The number of hydrogen-bond acceptors (Lipinski definition) is 4. The number of ether oxygens (including phenoxy) is 1. The van der Waals surface area contributed by atoms with Gasteiger partial charge in [0.05, 0.1) is 0 Å². The van der Waals surface area contributed by atoms with Gasteiger partial charge < -0.3 is 15.0 Å². The van der Waals surface area contributed by atoms with Gasteiger partial charge in [-0.2, -0.15) is 0 Å². The van der Waals surface area contributed by atoms with E-state index in [0.717, 1.165) is 0 Å².